The number of para-hydroxylation sites is 2. The van der Waals surface area contributed by atoms with Crippen LogP contribution < -0.4 is 11.1 Å². The molecule has 0 aliphatic rings. The number of amides is 1. The Morgan fingerprint density at radius 2 is 2.00 bits per heavy atom. The van der Waals surface area contributed by atoms with Crippen molar-refractivity contribution >= 4 is 22.9 Å². The van der Waals surface area contributed by atoms with Crippen LogP contribution >= 0.6 is 0 Å². The zero-order valence-corrected chi connectivity index (χ0v) is 9.91. The van der Waals surface area contributed by atoms with Gasteiger partial charge in [0.15, 0.2) is 0 Å². The van der Waals surface area contributed by atoms with Crippen LogP contribution in [0.3, 0.4) is 0 Å². The Balaban J connectivity index is 2.11. The van der Waals surface area contributed by atoms with Gasteiger partial charge in [-0.2, -0.15) is 0 Å². The number of fused-ring (bicyclic) bond motifs is 1. The van der Waals surface area contributed by atoms with Gasteiger partial charge in [0.25, 0.3) is 5.91 Å². The minimum Gasteiger partial charge on any atom is -0.480 e. The first-order valence-corrected chi connectivity index (χ1v) is 5.56. The minimum atomic E-state index is -1.18. The zero-order chi connectivity index (χ0) is 13.8. The minimum absolute atomic E-state index is 0.122. The Morgan fingerprint density at radius 3 is 2.68 bits per heavy atom. The van der Waals surface area contributed by atoms with E-state index in [9.17, 15) is 9.59 Å². The maximum atomic E-state index is 11.8. The van der Waals surface area contributed by atoms with Crippen molar-refractivity contribution in [2.75, 3.05) is 6.54 Å². The molecule has 0 saturated heterocycles. The Labute approximate surface area is 108 Å². The number of carboxylic acid groups (broad SMARTS) is 1. The monoisotopic (exact) mass is 260 g/mol. The number of carboxylic acids is 1. The summed E-state index contributed by atoms with van der Waals surface area (Å²) in [7, 11) is 0. The number of hydrogen-bond donors (Lipinski definition) is 3. The molecule has 0 aliphatic heterocycles. The van der Waals surface area contributed by atoms with Crippen LogP contribution in [0, 0.1) is 0 Å². The summed E-state index contributed by atoms with van der Waals surface area (Å²) in [5, 5.41) is 11.0. The number of aromatic nitrogens is 2. The lowest BCUT2D eigenvalue weighted by atomic mass is 10.3. The lowest BCUT2D eigenvalue weighted by molar-refractivity contribution is -0.138. The van der Waals surface area contributed by atoms with Gasteiger partial charge in [0.1, 0.15) is 11.7 Å². The summed E-state index contributed by atoms with van der Waals surface area (Å²) in [5.41, 5.74) is 6.68. The van der Waals surface area contributed by atoms with Crippen LogP contribution in [0.5, 0.6) is 0 Å². The second kappa shape index (κ2) is 5.40. The SMILES string of the molecule is N[C@@H](CNC(=O)c1cnc2ccccc2n1)C(=O)O. The first-order chi connectivity index (χ1) is 9.08. The molecule has 0 bridgehead atoms. The maximum Gasteiger partial charge on any atom is 0.322 e. The van der Waals surface area contributed by atoms with Crippen molar-refractivity contribution in [3.8, 4) is 0 Å². The highest BCUT2D eigenvalue weighted by atomic mass is 16.4. The summed E-state index contributed by atoms with van der Waals surface area (Å²) >= 11 is 0. The van der Waals surface area contributed by atoms with E-state index in [1.807, 2.05) is 6.07 Å². The van der Waals surface area contributed by atoms with Gasteiger partial charge in [0.05, 0.1) is 17.2 Å². The van der Waals surface area contributed by atoms with E-state index in [2.05, 4.69) is 15.3 Å². The largest absolute Gasteiger partial charge is 0.480 e. The second-order valence-corrected chi connectivity index (χ2v) is 3.90. The Hall–Kier alpha value is -2.54. The third-order valence-electron chi connectivity index (χ3n) is 2.48. The molecular formula is C12H12N4O3. The van der Waals surface area contributed by atoms with E-state index in [0.717, 1.165) is 0 Å². The average Bonchev–Trinajstić information content (AvgIpc) is 2.43. The molecule has 0 unspecified atom stereocenters. The van der Waals surface area contributed by atoms with Crippen LogP contribution in [0.15, 0.2) is 30.5 Å². The van der Waals surface area contributed by atoms with Gasteiger partial charge in [-0.15, -0.1) is 0 Å². The van der Waals surface area contributed by atoms with Gasteiger partial charge in [-0.25, -0.2) is 4.98 Å². The molecule has 98 valence electrons. The number of nitrogens with two attached hydrogens (primary N) is 1. The van der Waals surface area contributed by atoms with Gasteiger partial charge in [0, 0.05) is 6.54 Å². The van der Waals surface area contributed by atoms with Crippen molar-refractivity contribution in [3.63, 3.8) is 0 Å². The first kappa shape index (κ1) is 12.9. The fraction of sp³-hybridized carbons (Fsp3) is 0.167. The van der Waals surface area contributed by atoms with E-state index < -0.39 is 17.9 Å². The molecule has 0 radical (unpaired) electrons. The number of carbonyl (C=O) groups excluding carboxylic acids is 1. The molecule has 4 N–H and O–H groups in total. The summed E-state index contributed by atoms with van der Waals surface area (Å²) in [4.78, 5) is 30.5. The van der Waals surface area contributed by atoms with Crippen molar-refractivity contribution in [2.24, 2.45) is 5.73 Å². The van der Waals surface area contributed by atoms with Gasteiger partial charge in [-0.05, 0) is 12.1 Å². The number of carbonyl (C=O) groups is 2. The fourth-order valence-electron chi connectivity index (χ4n) is 1.45. The Kier molecular flexibility index (Phi) is 3.67. The Morgan fingerprint density at radius 1 is 1.32 bits per heavy atom. The molecule has 7 heteroatoms. The van der Waals surface area contributed by atoms with Crippen LogP contribution in [0.1, 0.15) is 10.5 Å². The molecule has 7 nitrogen and oxygen atoms in total. The van der Waals surface area contributed by atoms with Gasteiger partial charge in [-0.1, -0.05) is 12.1 Å². The van der Waals surface area contributed by atoms with Crippen LogP contribution in [0.4, 0.5) is 0 Å². The van der Waals surface area contributed by atoms with Crippen molar-refractivity contribution in [1.82, 2.24) is 15.3 Å². The second-order valence-electron chi connectivity index (χ2n) is 3.90. The molecule has 0 aliphatic carbocycles. The molecule has 0 spiro atoms. The topological polar surface area (TPSA) is 118 Å². The summed E-state index contributed by atoms with van der Waals surface area (Å²) in [5.74, 6) is -1.68. The highest BCUT2D eigenvalue weighted by Gasteiger charge is 2.14. The predicted molar refractivity (Wildman–Crippen MR) is 67.5 cm³/mol. The van der Waals surface area contributed by atoms with Gasteiger partial charge in [-0.3, -0.25) is 14.6 Å². The summed E-state index contributed by atoms with van der Waals surface area (Å²) in [6.45, 7) is -0.164. The van der Waals surface area contributed by atoms with E-state index in [4.69, 9.17) is 10.8 Å². The number of rotatable bonds is 4. The van der Waals surface area contributed by atoms with Gasteiger partial charge >= 0.3 is 5.97 Å². The average molecular weight is 260 g/mol. The molecule has 19 heavy (non-hydrogen) atoms. The number of aliphatic carboxylic acids is 1. The normalized spacial score (nSPS) is 12.1. The molecule has 2 aromatic rings. The third-order valence-corrected chi connectivity index (χ3v) is 2.48. The van der Waals surface area contributed by atoms with Crippen LogP contribution in [0.2, 0.25) is 0 Å². The van der Waals surface area contributed by atoms with E-state index >= 15 is 0 Å². The Bertz CT molecular complexity index is 629. The summed E-state index contributed by atoms with van der Waals surface area (Å²) in [6.07, 6.45) is 1.34. The van der Waals surface area contributed by atoms with Crippen LogP contribution in [-0.2, 0) is 4.79 Å². The van der Waals surface area contributed by atoms with E-state index in [1.54, 1.807) is 18.2 Å². The quantitative estimate of drug-likeness (QED) is 0.699. The lowest BCUT2D eigenvalue weighted by Crippen LogP contribution is -2.42. The fourth-order valence-corrected chi connectivity index (χ4v) is 1.45. The van der Waals surface area contributed by atoms with Gasteiger partial charge in [0.2, 0.25) is 0 Å². The molecule has 1 aromatic heterocycles. The van der Waals surface area contributed by atoms with E-state index in [0.29, 0.717) is 11.0 Å². The number of hydrogen-bond acceptors (Lipinski definition) is 5. The molecule has 0 fully saturated rings. The lowest BCUT2D eigenvalue weighted by Gasteiger charge is -2.08. The summed E-state index contributed by atoms with van der Waals surface area (Å²) < 4.78 is 0. The van der Waals surface area contributed by atoms with Crippen molar-refractivity contribution in [3.05, 3.63) is 36.2 Å². The molecule has 1 aromatic carbocycles. The number of benzene rings is 1. The highest BCUT2D eigenvalue weighted by Crippen LogP contribution is 2.08. The van der Waals surface area contributed by atoms with Crippen LogP contribution in [-0.4, -0.2) is 39.5 Å². The van der Waals surface area contributed by atoms with Crippen molar-refractivity contribution in [1.29, 1.82) is 0 Å². The zero-order valence-electron chi connectivity index (χ0n) is 9.91. The molecular weight excluding hydrogens is 248 g/mol. The first-order valence-electron chi connectivity index (χ1n) is 5.56. The molecule has 0 saturated carbocycles. The van der Waals surface area contributed by atoms with Crippen molar-refractivity contribution < 1.29 is 14.7 Å². The molecule has 2 rings (SSSR count). The number of nitrogens with zero attached hydrogens (tertiary/aromatic N) is 2. The smallest absolute Gasteiger partial charge is 0.322 e. The van der Waals surface area contributed by atoms with Crippen molar-refractivity contribution in [2.45, 2.75) is 6.04 Å². The summed E-state index contributed by atoms with van der Waals surface area (Å²) in [6, 6.07) is 5.99. The van der Waals surface area contributed by atoms with E-state index in [-0.39, 0.29) is 12.2 Å². The van der Waals surface area contributed by atoms with E-state index in [1.165, 1.54) is 6.20 Å². The third kappa shape index (κ3) is 3.02. The van der Waals surface area contributed by atoms with Crippen LogP contribution in [0.25, 0.3) is 11.0 Å². The standard InChI is InChI=1S/C12H12N4O3/c13-7(12(18)19)5-15-11(17)10-6-14-8-3-1-2-4-9(8)16-10/h1-4,6-7H,5,13H2,(H,15,17)(H,18,19)/t7-/m0/s1. The maximum absolute atomic E-state index is 11.8. The highest BCUT2D eigenvalue weighted by molar-refractivity contribution is 5.94. The number of nitrogens with one attached hydrogen (secondary N) is 1. The van der Waals surface area contributed by atoms with Gasteiger partial charge < -0.3 is 16.2 Å². The predicted octanol–water partition coefficient (Wildman–Crippen LogP) is -0.229. The molecule has 1 heterocycles. The molecule has 1 atom stereocenters. The molecule has 1 amide bonds.